The van der Waals surface area contributed by atoms with Gasteiger partial charge >= 0.3 is 11.9 Å². The molecule has 34 heteroatoms. The van der Waals surface area contributed by atoms with Crippen molar-refractivity contribution in [3.05, 3.63) is 23.8 Å². The standard InChI is InChI=1S/C70H116BrClN6O26/c1-6-65(88)104-70(51(2)41-56-52(46-72)10-11-53-42-54(79)14-16-68(53,3)43-55(80)44-69(56,70)4)59(81)49-103-50-76-62(84)47-74-67(90)58(12-13-64(86)87)78-63(85)48-75-66(89)57(77-61(83)45-71)9-7-8-17-73-60(82)15-18-92-21-22-94-25-26-96-29-30-98-33-34-100-37-38-102-40-39-101-36-35-99-32-31-97-28-27-95-24-23-93-20-19-91-5/h14,16,42,51-52,55-58,80H,6-13,15,17-41,43-50H2,1-5H3,(H,73,82)(H,74,90)(H,75,89)(H,76,84)(H,77,83)(H,78,85)(H,86,87)/t51-,52+,55+,56-,57-,58-,68+,69-,70?/m0/s1. The SMILES string of the molecule is CCC(=O)OC1(C(=O)COCNC(=O)CNC(=O)[C@H](CCC(=O)O)NC(=O)CNC(=O)[C@H](CCCCNC(=O)CCOCCOCCOCCOCCOCCOCCOCCOCCOCCOCCOCCOC)NC(=O)CBr)[C@@H](C)C[C@H]2[C@@H](CCl)CCC3=CC(=O)C=C[C@]3(C)C[C@@H](O)C[C@@]21C. The number of fused-ring (bicyclic) bond motifs is 2. The number of alkyl halides is 2. The van der Waals surface area contributed by atoms with Gasteiger partial charge in [0.05, 0.1) is 176 Å². The van der Waals surface area contributed by atoms with Gasteiger partial charge in [-0.1, -0.05) is 55.3 Å². The first kappa shape index (κ1) is 93.0. The molecule has 2 fully saturated rings. The number of hydrogen-bond acceptors (Lipinski definition) is 25. The highest BCUT2D eigenvalue weighted by Gasteiger charge is 2.69. The number of methoxy groups -OCH3 is 1. The summed E-state index contributed by atoms with van der Waals surface area (Å²) in [6.07, 6.45) is 5.80. The molecular weight excluding hydrogens is 1460 g/mol. The van der Waals surface area contributed by atoms with Gasteiger partial charge in [-0.3, -0.25) is 47.9 Å². The van der Waals surface area contributed by atoms with E-state index in [-0.39, 0.29) is 86.6 Å². The molecule has 0 radical (unpaired) electrons. The summed E-state index contributed by atoms with van der Waals surface area (Å²) >= 11 is 9.75. The molecule has 0 aliphatic heterocycles. The molecule has 0 bridgehead atoms. The van der Waals surface area contributed by atoms with Crippen LogP contribution in [-0.4, -0.2) is 296 Å². The molecule has 596 valence electrons. The van der Waals surface area contributed by atoms with Crippen LogP contribution in [0.1, 0.15) is 105 Å². The molecule has 0 heterocycles. The monoisotopic (exact) mass is 1570 g/mol. The Bertz CT molecular complexity index is 2620. The zero-order valence-corrected chi connectivity index (χ0v) is 63.7. The number of halogens is 2. The normalized spacial score (nSPS) is 21.3. The van der Waals surface area contributed by atoms with Crippen LogP contribution in [0.25, 0.3) is 0 Å². The predicted octanol–water partition coefficient (Wildman–Crippen LogP) is 1.83. The Kier molecular flexibility index (Phi) is 49.4. The van der Waals surface area contributed by atoms with Crippen LogP contribution in [0.2, 0.25) is 0 Å². The van der Waals surface area contributed by atoms with E-state index < -0.39 is 127 Å². The van der Waals surface area contributed by atoms with Crippen molar-refractivity contribution in [1.82, 2.24) is 31.9 Å². The summed E-state index contributed by atoms with van der Waals surface area (Å²) in [4.78, 5) is 130. The summed E-state index contributed by atoms with van der Waals surface area (Å²) in [5.74, 6) is -7.56. The fourth-order valence-electron chi connectivity index (χ4n) is 12.6. The van der Waals surface area contributed by atoms with Gasteiger partial charge in [0.15, 0.2) is 11.4 Å². The van der Waals surface area contributed by atoms with Crippen molar-refractivity contribution in [2.75, 3.05) is 203 Å². The number of Topliss-reactive ketones (excluding diaryl/α,β-unsaturated/α-hetero) is 1. The number of allylic oxidation sites excluding steroid dienone is 4. The molecule has 6 amide bonds. The number of aliphatic hydroxyl groups is 1. The smallest absolute Gasteiger partial charge is 0.306 e. The number of carboxylic acid groups (broad SMARTS) is 1. The minimum atomic E-state index is -1.77. The van der Waals surface area contributed by atoms with Crippen LogP contribution < -0.4 is 31.9 Å². The summed E-state index contributed by atoms with van der Waals surface area (Å²) < 4.78 is 77.0. The van der Waals surface area contributed by atoms with E-state index in [0.717, 1.165) is 5.57 Å². The quantitative estimate of drug-likeness (QED) is 0.0186. The van der Waals surface area contributed by atoms with Gasteiger partial charge in [-0.05, 0) is 81.8 Å². The molecular formula is C70H116BrClN6O26. The van der Waals surface area contributed by atoms with Crippen LogP contribution in [0.15, 0.2) is 23.8 Å². The Morgan fingerprint density at radius 3 is 1.57 bits per heavy atom. The lowest BCUT2D eigenvalue weighted by molar-refractivity contribution is -0.194. The molecule has 0 aromatic heterocycles. The van der Waals surface area contributed by atoms with Crippen molar-refractivity contribution in [3.8, 4) is 0 Å². The summed E-state index contributed by atoms with van der Waals surface area (Å²) in [6, 6.07) is -2.56. The number of carboxylic acids is 1. The first-order valence-corrected chi connectivity index (χ1v) is 37.6. The van der Waals surface area contributed by atoms with Crippen molar-refractivity contribution in [2.45, 2.75) is 129 Å². The van der Waals surface area contributed by atoms with E-state index in [1.807, 2.05) is 20.8 Å². The number of esters is 1. The number of hydrogen-bond donors (Lipinski definition) is 8. The van der Waals surface area contributed by atoms with E-state index >= 15 is 0 Å². The van der Waals surface area contributed by atoms with Gasteiger partial charge in [0.25, 0.3) is 0 Å². The minimum absolute atomic E-state index is 0.0429. The van der Waals surface area contributed by atoms with Crippen molar-refractivity contribution >= 4 is 86.5 Å². The van der Waals surface area contributed by atoms with Crippen LogP contribution >= 0.6 is 27.5 Å². The first-order valence-electron chi connectivity index (χ1n) is 35.9. The van der Waals surface area contributed by atoms with Crippen LogP contribution in [-0.2, 0) is 114 Å². The summed E-state index contributed by atoms with van der Waals surface area (Å²) in [5.41, 5.74) is -2.65. The number of carbonyl (C=O) groups is 10. The number of carbonyl (C=O) groups excluding carboxylic acids is 9. The summed E-state index contributed by atoms with van der Waals surface area (Å²) in [7, 11) is 1.63. The number of unbranched alkanes of at least 4 members (excludes halogenated alkanes) is 1. The van der Waals surface area contributed by atoms with Crippen LogP contribution in [0.4, 0.5) is 0 Å². The zero-order chi connectivity index (χ0) is 76.3. The third-order valence-corrected chi connectivity index (χ3v) is 18.8. The first-order chi connectivity index (χ1) is 50.1. The molecule has 3 rings (SSSR count). The summed E-state index contributed by atoms with van der Waals surface area (Å²) in [6.45, 7) is 14.9. The molecule has 3 aliphatic rings. The number of aliphatic hydroxyl groups excluding tert-OH is 1. The van der Waals surface area contributed by atoms with Crippen LogP contribution in [0.3, 0.4) is 0 Å². The second-order valence-electron chi connectivity index (χ2n) is 25.6. The molecule has 0 aromatic rings. The van der Waals surface area contributed by atoms with E-state index in [9.17, 15) is 58.2 Å². The lowest BCUT2D eigenvalue weighted by Gasteiger charge is -2.50. The molecule has 1 unspecified atom stereocenters. The van der Waals surface area contributed by atoms with Gasteiger partial charge < -0.3 is 108 Å². The average molecular weight is 1570 g/mol. The number of ether oxygens (including phenoxy) is 14. The fraction of sp³-hybridized carbons (Fsp3) is 0.800. The third kappa shape index (κ3) is 37.1. The molecule has 8 N–H and O–H groups in total. The lowest BCUT2D eigenvalue weighted by atomic mass is 9.59. The van der Waals surface area contributed by atoms with E-state index in [2.05, 4.69) is 47.8 Å². The predicted molar refractivity (Wildman–Crippen MR) is 380 cm³/mol. The Morgan fingerprint density at radius 2 is 1.09 bits per heavy atom. The second kappa shape index (κ2) is 55.2. The maximum Gasteiger partial charge on any atom is 0.306 e. The van der Waals surface area contributed by atoms with Gasteiger partial charge in [-0.2, -0.15) is 0 Å². The van der Waals surface area contributed by atoms with Crippen molar-refractivity contribution < 1.29 is 124 Å². The minimum Gasteiger partial charge on any atom is -0.481 e. The maximum absolute atomic E-state index is 14.7. The Hall–Kier alpha value is -5.21. The number of amides is 6. The number of rotatable bonds is 61. The Morgan fingerprint density at radius 1 is 0.606 bits per heavy atom. The molecule has 32 nitrogen and oxygen atoms in total. The van der Waals surface area contributed by atoms with E-state index in [1.54, 1.807) is 26.2 Å². The van der Waals surface area contributed by atoms with E-state index in [1.165, 1.54) is 6.08 Å². The molecule has 2 saturated carbocycles. The van der Waals surface area contributed by atoms with E-state index in [0.29, 0.717) is 171 Å². The third-order valence-electron chi connectivity index (χ3n) is 17.9. The summed E-state index contributed by atoms with van der Waals surface area (Å²) in [5, 5.41) is 36.1. The van der Waals surface area contributed by atoms with Gasteiger partial charge in [-0.15, -0.1) is 11.6 Å². The van der Waals surface area contributed by atoms with Crippen molar-refractivity contribution in [1.29, 1.82) is 0 Å². The highest BCUT2D eigenvalue weighted by atomic mass is 79.9. The van der Waals surface area contributed by atoms with Crippen LogP contribution in [0.5, 0.6) is 0 Å². The second-order valence-corrected chi connectivity index (χ2v) is 26.5. The van der Waals surface area contributed by atoms with E-state index in [4.69, 9.17) is 77.9 Å². The van der Waals surface area contributed by atoms with Crippen molar-refractivity contribution in [3.63, 3.8) is 0 Å². The average Bonchev–Trinajstić information content (AvgIpc) is 1.53. The van der Waals surface area contributed by atoms with Gasteiger partial charge in [-0.25, -0.2) is 0 Å². The number of ketones is 2. The Labute approximate surface area is 624 Å². The lowest BCUT2D eigenvalue weighted by Crippen LogP contribution is -2.60. The van der Waals surface area contributed by atoms with Crippen LogP contribution in [0, 0.1) is 28.6 Å². The molecule has 0 spiro atoms. The highest BCUT2D eigenvalue weighted by molar-refractivity contribution is 9.09. The topological polar surface area (TPSA) is 413 Å². The fourth-order valence-corrected chi connectivity index (χ4v) is 13.1. The maximum atomic E-state index is 14.7. The Balaban J connectivity index is 1.25. The number of nitrogens with one attached hydrogen (secondary N) is 6. The van der Waals surface area contributed by atoms with Crippen molar-refractivity contribution in [2.24, 2.45) is 28.6 Å². The molecule has 0 saturated heterocycles. The zero-order valence-electron chi connectivity index (χ0n) is 61.3. The molecule has 104 heavy (non-hydrogen) atoms. The molecule has 9 atom stereocenters. The van der Waals surface area contributed by atoms with Gasteiger partial charge in [0, 0.05) is 55.5 Å². The largest absolute Gasteiger partial charge is 0.481 e. The highest BCUT2D eigenvalue weighted by Crippen LogP contribution is 2.62. The number of aliphatic carboxylic acids is 1. The van der Waals surface area contributed by atoms with Gasteiger partial charge in [0.2, 0.25) is 41.2 Å². The van der Waals surface area contributed by atoms with Gasteiger partial charge in [0.1, 0.15) is 25.4 Å². The molecule has 3 aliphatic carbocycles. The molecule has 0 aromatic carbocycles.